The number of nitrogens with zero attached hydrogens (tertiary/aromatic N) is 3. The standard InChI is InChI=1S/C10H10ClN5O2/c1-18-10(17)5-2-7(8(12)14-3-5)16-9(13)6(11)4-15-16/h2-4H,13H2,1H3,(H2,12,14). The van der Waals surface area contributed by atoms with Crippen molar-refractivity contribution in [1.29, 1.82) is 0 Å². The lowest BCUT2D eigenvalue weighted by molar-refractivity contribution is 0.0600. The van der Waals surface area contributed by atoms with Gasteiger partial charge >= 0.3 is 5.97 Å². The van der Waals surface area contributed by atoms with Crippen LogP contribution >= 0.6 is 11.6 Å². The first-order valence-corrected chi connectivity index (χ1v) is 5.25. The van der Waals surface area contributed by atoms with E-state index in [1.165, 1.54) is 30.3 Å². The lowest BCUT2D eigenvalue weighted by Gasteiger charge is -2.08. The summed E-state index contributed by atoms with van der Waals surface area (Å²) in [5.41, 5.74) is 12.1. The second-order valence-electron chi connectivity index (χ2n) is 3.41. The van der Waals surface area contributed by atoms with Gasteiger partial charge in [0.25, 0.3) is 0 Å². The maximum atomic E-state index is 11.4. The van der Waals surface area contributed by atoms with Crippen LogP contribution in [0.25, 0.3) is 5.69 Å². The topological polar surface area (TPSA) is 109 Å². The van der Waals surface area contributed by atoms with Gasteiger partial charge in [-0.15, -0.1) is 0 Å². The van der Waals surface area contributed by atoms with Crippen LogP contribution in [0.2, 0.25) is 5.02 Å². The molecule has 0 saturated carbocycles. The number of anilines is 2. The highest BCUT2D eigenvalue weighted by Crippen LogP contribution is 2.24. The minimum absolute atomic E-state index is 0.175. The minimum atomic E-state index is -0.527. The molecule has 0 saturated heterocycles. The van der Waals surface area contributed by atoms with Gasteiger partial charge in [0.2, 0.25) is 0 Å². The summed E-state index contributed by atoms with van der Waals surface area (Å²) in [5.74, 6) is -0.137. The summed E-state index contributed by atoms with van der Waals surface area (Å²) >= 11 is 5.80. The van der Waals surface area contributed by atoms with E-state index in [1.807, 2.05) is 0 Å². The number of carbonyl (C=O) groups excluding carboxylic acids is 1. The van der Waals surface area contributed by atoms with E-state index in [4.69, 9.17) is 23.1 Å². The number of hydrogen-bond acceptors (Lipinski definition) is 6. The number of nitrogens with two attached hydrogens (primary N) is 2. The van der Waals surface area contributed by atoms with Crippen molar-refractivity contribution in [3.63, 3.8) is 0 Å². The van der Waals surface area contributed by atoms with Crippen molar-refractivity contribution in [1.82, 2.24) is 14.8 Å². The molecule has 94 valence electrons. The van der Waals surface area contributed by atoms with Crippen LogP contribution in [-0.2, 0) is 4.74 Å². The van der Waals surface area contributed by atoms with E-state index in [0.717, 1.165) is 0 Å². The Morgan fingerprint density at radius 3 is 2.72 bits per heavy atom. The molecular formula is C10H10ClN5O2. The highest BCUT2D eigenvalue weighted by Gasteiger charge is 2.14. The first kappa shape index (κ1) is 12.2. The van der Waals surface area contributed by atoms with Crippen molar-refractivity contribution in [2.24, 2.45) is 0 Å². The van der Waals surface area contributed by atoms with Crippen molar-refractivity contribution in [3.05, 3.63) is 29.0 Å². The lowest BCUT2D eigenvalue weighted by atomic mass is 10.2. The molecule has 0 fully saturated rings. The second-order valence-corrected chi connectivity index (χ2v) is 3.82. The molecule has 0 spiro atoms. The molecule has 0 amide bonds. The number of hydrogen-bond donors (Lipinski definition) is 2. The van der Waals surface area contributed by atoms with Gasteiger partial charge in [-0.3, -0.25) is 0 Å². The molecule has 4 N–H and O–H groups in total. The van der Waals surface area contributed by atoms with Gasteiger partial charge in [-0.05, 0) is 6.07 Å². The van der Waals surface area contributed by atoms with Crippen molar-refractivity contribution in [2.45, 2.75) is 0 Å². The van der Waals surface area contributed by atoms with E-state index in [0.29, 0.717) is 5.69 Å². The van der Waals surface area contributed by atoms with E-state index in [2.05, 4.69) is 14.8 Å². The van der Waals surface area contributed by atoms with E-state index in [1.54, 1.807) is 0 Å². The number of methoxy groups -OCH3 is 1. The van der Waals surface area contributed by atoms with Crippen LogP contribution in [0.3, 0.4) is 0 Å². The number of halogens is 1. The van der Waals surface area contributed by atoms with Crippen LogP contribution in [0.4, 0.5) is 11.6 Å². The molecule has 0 aliphatic carbocycles. The zero-order chi connectivity index (χ0) is 13.3. The molecule has 2 rings (SSSR count). The quantitative estimate of drug-likeness (QED) is 0.782. The van der Waals surface area contributed by atoms with E-state index in [9.17, 15) is 4.79 Å². The maximum absolute atomic E-state index is 11.4. The highest BCUT2D eigenvalue weighted by atomic mass is 35.5. The largest absolute Gasteiger partial charge is 0.465 e. The molecule has 8 heteroatoms. The van der Waals surface area contributed by atoms with Crippen molar-refractivity contribution >= 4 is 29.2 Å². The summed E-state index contributed by atoms with van der Waals surface area (Å²) in [6, 6.07) is 1.48. The van der Waals surface area contributed by atoms with Gasteiger partial charge in [0.05, 0.1) is 18.9 Å². The van der Waals surface area contributed by atoms with Gasteiger partial charge in [-0.1, -0.05) is 11.6 Å². The summed E-state index contributed by atoms with van der Waals surface area (Å²) in [5, 5.41) is 4.25. The van der Waals surface area contributed by atoms with Crippen LogP contribution in [0.1, 0.15) is 10.4 Å². The first-order valence-electron chi connectivity index (χ1n) is 4.87. The van der Waals surface area contributed by atoms with Gasteiger partial charge in [0.15, 0.2) is 0 Å². The van der Waals surface area contributed by atoms with Gasteiger partial charge < -0.3 is 16.2 Å². The average Bonchev–Trinajstić information content (AvgIpc) is 2.70. The molecule has 0 aromatic carbocycles. The minimum Gasteiger partial charge on any atom is -0.465 e. The molecule has 0 radical (unpaired) electrons. The molecule has 18 heavy (non-hydrogen) atoms. The summed E-state index contributed by atoms with van der Waals surface area (Å²) in [7, 11) is 1.28. The Labute approximate surface area is 107 Å². The summed E-state index contributed by atoms with van der Waals surface area (Å²) in [4.78, 5) is 15.3. The Balaban J connectivity index is 2.57. The number of esters is 1. The average molecular weight is 268 g/mol. The summed E-state index contributed by atoms with van der Waals surface area (Å²) in [6.07, 6.45) is 2.69. The van der Waals surface area contributed by atoms with Crippen molar-refractivity contribution < 1.29 is 9.53 Å². The van der Waals surface area contributed by atoms with Crippen LogP contribution in [0.5, 0.6) is 0 Å². The third kappa shape index (κ3) is 1.95. The fourth-order valence-corrected chi connectivity index (χ4v) is 1.52. The maximum Gasteiger partial charge on any atom is 0.339 e. The molecule has 0 atom stereocenters. The van der Waals surface area contributed by atoms with Gasteiger partial charge in [-0.2, -0.15) is 5.10 Å². The zero-order valence-electron chi connectivity index (χ0n) is 9.42. The molecule has 0 aliphatic rings. The Morgan fingerprint density at radius 2 is 2.17 bits per heavy atom. The van der Waals surface area contributed by atoms with Crippen LogP contribution < -0.4 is 11.5 Å². The molecule has 2 heterocycles. The molecule has 0 aliphatic heterocycles. The smallest absolute Gasteiger partial charge is 0.339 e. The molecule has 0 unspecified atom stereocenters. The van der Waals surface area contributed by atoms with Crippen LogP contribution in [-0.4, -0.2) is 27.8 Å². The summed E-state index contributed by atoms with van der Waals surface area (Å²) < 4.78 is 5.90. The third-order valence-corrected chi connectivity index (χ3v) is 2.60. The Morgan fingerprint density at radius 1 is 1.44 bits per heavy atom. The van der Waals surface area contributed by atoms with Gasteiger partial charge in [0, 0.05) is 6.20 Å². The van der Waals surface area contributed by atoms with Gasteiger partial charge in [0.1, 0.15) is 22.3 Å². The fraction of sp³-hybridized carbons (Fsp3) is 0.100. The van der Waals surface area contributed by atoms with Crippen molar-refractivity contribution in [2.75, 3.05) is 18.6 Å². The molecule has 0 bridgehead atoms. The number of carbonyl (C=O) groups is 1. The van der Waals surface area contributed by atoms with Gasteiger partial charge in [-0.25, -0.2) is 14.5 Å². The number of nitrogen functional groups attached to an aromatic ring is 2. The third-order valence-electron chi connectivity index (χ3n) is 2.31. The second kappa shape index (κ2) is 4.53. The van der Waals surface area contributed by atoms with Crippen LogP contribution in [0.15, 0.2) is 18.5 Å². The molecule has 2 aromatic heterocycles. The number of aromatic nitrogens is 3. The zero-order valence-corrected chi connectivity index (χ0v) is 10.2. The number of ether oxygens (including phenoxy) is 1. The first-order chi connectivity index (χ1) is 8.54. The Bertz CT molecular complexity index is 610. The van der Waals surface area contributed by atoms with Crippen molar-refractivity contribution in [3.8, 4) is 5.69 Å². The fourth-order valence-electron chi connectivity index (χ4n) is 1.39. The summed E-state index contributed by atoms with van der Waals surface area (Å²) in [6.45, 7) is 0. The number of rotatable bonds is 2. The Hall–Kier alpha value is -2.28. The molecule has 2 aromatic rings. The molecular weight excluding hydrogens is 258 g/mol. The van der Waals surface area contributed by atoms with E-state index >= 15 is 0 Å². The van der Waals surface area contributed by atoms with Crippen LogP contribution in [0, 0.1) is 0 Å². The van der Waals surface area contributed by atoms with E-state index < -0.39 is 5.97 Å². The monoisotopic (exact) mass is 267 g/mol. The normalized spacial score (nSPS) is 10.3. The number of pyridine rings is 1. The van der Waals surface area contributed by atoms with E-state index in [-0.39, 0.29) is 22.2 Å². The predicted octanol–water partition coefficient (Wildman–Crippen LogP) is 0.872. The SMILES string of the molecule is COC(=O)c1cnc(N)c(-n2ncc(Cl)c2N)c1. The highest BCUT2D eigenvalue weighted by molar-refractivity contribution is 6.32. The molecule has 7 nitrogen and oxygen atoms in total. The lowest BCUT2D eigenvalue weighted by Crippen LogP contribution is -2.10. The predicted molar refractivity (Wildman–Crippen MR) is 66.5 cm³/mol. The Kier molecular flexibility index (Phi) is 3.07.